The van der Waals surface area contributed by atoms with E-state index in [0.717, 1.165) is 34.8 Å². The predicted molar refractivity (Wildman–Crippen MR) is 126 cm³/mol. The number of benzene rings is 1. The lowest BCUT2D eigenvalue weighted by Gasteiger charge is -2.39. The highest BCUT2D eigenvalue weighted by Crippen LogP contribution is 2.39. The Bertz CT molecular complexity index is 614. The van der Waals surface area contributed by atoms with Gasteiger partial charge in [-0.15, -0.1) is 0 Å². The highest BCUT2D eigenvalue weighted by Gasteiger charge is 2.42. The van der Waals surface area contributed by atoms with E-state index in [1.165, 1.54) is 5.56 Å². The van der Waals surface area contributed by atoms with Crippen LogP contribution in [0.3, 0.4) is 0 Å². The molecule has 0 bridgehead atoms. The summed E-state index contributed by atoms with van der Waals surface area (Å²) in [6, 6.07) is 7.51. The van der Waals surface area contributed by atoms with Crippen molar-refractivity contribution in [3.05, 3.63) is 34.4 Å². The van der Waals surface area contributed by atoms with Gasteiger partial charge in [0.25, 0.3) is 0 Å². The minimum Gasteiger partial charge on any atom is -0.464 e. The molecule has 0 aromatic heterocycles. The molecule has 0 amide bonds. The average Bonchev–Trinajstić information content (AvgIpc) is 2.50. The molecule has 0 saturated carbocycles. The van der Waals surface area contributed by atoms with E-state index in [0.29, 0.717) is 24.4 Å². The summed E-state index contributed by atoms with van der Waals surface area (Å²) in [5.41, 5.74) is 4.44. The first-order valence-corrected chi connectivity index (χ1v) is 13.9. The molecule has 1 atom stereocenters. The number of hydrogen-bond donors (Lipinski definition) is 0. The van der Waals surface area contributed by atoms with Crippen molar-refractivity contribution in [2.75, 3.05) is 6.61 Å². The predicted octanol–water partition coefficient (Wildman–Crippen LogP) is 7.15. The Morgan fingerprint density at radius 1 is 0.862 bits per heavy atom. The summed E-state index contributed by atoms with van der Waals surface area (Å²) >= 11 is 0. The van der Waals surface area contributed by atoms with E-state index >= 15 is 0 Å². The summed E-state index contributed by atoms with van der Waals surface area (Å²) in [4.78, 5) is 13.1. The maximum atomic E-state index is 13.1. The second-order valence-corrected chi connectivity index (χ2v) is 13.9. The van der Waals surface area contributed by atoms with Crippen molar-refractivity contribution in [2.45, 2.75) is 93.5 Å². The van der Waals surface area contributed by atoms with E-state index in [1.54, 1.807) is 0 Å². The Hall–Kier alpha value is -1.13. The van der Waals surface area contributed by atoms with Gasteiger partial charge in [-0.1, -0.05) is 59.2 Å². The number of carbonyl (C=O) groups is 1. The van der Waals surface area contributed by atoms with Crippen molar-refractivity contribution in [3.63, 3.8) is 0 Å². The van der Waals surface area contributed by atoms with Crippen molar-refractivity contribution in [2.24, 2.45) is 17.8 Å². The van der Waals surface area contributed by atoms with Crippen LogP contribution in [0.1, 0.15) is 76.8 Å². The van der Waals surface area contributed by atoms with E-state index in [4.69, 9.17) is 9.16 Å². The van der Waals surface area contributed by atoms with Crippen molar-refractivity contribution < 1.29 is 14.0 Å². The Morgan fingerprint density at radius 2 is 1.28 bits per heavy atom. The highest BCUT2D eigenvalue weighted by molar-refractivity contribution is 6.74. The molecule has 0 N–H and O–H groups in total. The maximum absolute atomic E-state index is 13.1. The molecule has 166 valence electrons. The lowest BCUT2D eigenvalue weighted by molar-refractivity contribution is -0.152. The molecule has 0 heterocycles. The summed E-state index contributed by atoms with van der Waals surface area (Å²) in [7, 11) is -2.18. The zero-order chi connectivity index (χ0) is 22.4. The number of hydrogen-bond acceptors (Lipinski definition) is 3. The Kier molecular flexibility index (Phi) is 10.1. The Morgan fingerprint density at radius 3 is 1.62 bits per heavy atom. The first-order valence-electron chi connectivity index (χ1n) is 11.3. The standard InChI is InChI=1S/C25H44O3Si/c1-11-27-25(26)24(23-21(9)12-20(8)13-22(23)10)28-29(14-17(2)3,15-18(4)5)16-19(6)7/h12-13,17-19,24H,11,14-16H2,1-10H3. The van der Waals surface area contributed by atoms with E-state index in [9.17, 15) is 4.79 Å². The molecule has 0 aliphatic carbocycles. The van der Waals surface area contributed by atoms with Crippen molar-refractivity contribution in [3.8, 4) is 0 Å². The Labute approximate surface area is 180 Å². The molecule has 1 unspecified atom stereocenters. The van der Waals surface area contributed by atoms with Gasteiger partial charge in [0.1, 0.15) is 0 Å². The molecule has 1 rings (SSSR count). The molecule has 3 nitrogen and oxygen atoms in total. The molecule has 29 heavy (non-hydrogen) atoms. The van der Waals surface area contributed by atoms with Crippen LogP contribution in [0, 0.1) is 38.5 Å². The summed E-state index contributed by atoms with van der Waals surface area (Å²) in [5, 5.41) is 0. The SMILES string of the molecule is CCOC(=O)C(O[Si](CC(C)C)(CC(C)C)CC(C)C)c1c(C)cc(C)cc1C. The van der Waals surface area contributed by atoms with Crippen molar-refractivity contribution in [1.82, 2.24) is 0 Å². The monoisotopic (exact) mass is 420 g/mol. The van der Waals surface area contributed by atoms with Crippen molar-refractivity contribution >= 4 is 14.3 Å². The number of esters is 1. The van der Waals surface area contributed by atoms with Gasteiger partial charge in [0.15, 0.2) is 14.4 Å². The molecule has 4 heteroatoms. The van der Waals surface area contributed by atoms with Gasteiger partial charge in [-0.2, -0.15) is 0 Å². The number of aryl methyl sites for hydroxylation is 3. The van der Waals surface area contributed by atoms with Crippen LogP contribution in [0.2, 0.25) is 18.1 Å². The number of ether oxygens (including phenoxy) is 1. The molecule has 0 saturated heterocycles. The zero-order valence-corrected chi connectivity index (χ0v) is 21.5. The average molecular weight is 421 g/mol. The third-order valence-electron chi connectivity index (χ3n) is 5.21. The largest absolute Gasteiger partial charge is 0.464 e. The maximum Gasteiger partial charge on any atom is 0.338 e. The molecule has 1 aromatic rings. The second-order valence-electron chi connectivity index (χ2n) is 10.0. The van der Waals surface area contributed by atoms with Crippen LogP contribution in [0.15, 0.2) is 12.1 Å². The Balaban J connectivity index is 3.53. The van der Waals surface area contributed by atoms with Crippen LogP contribution < -0.4 is 0 Å². The lowest BCUT2D eigenvalue weighted by atomic mass is 9.95. The van der Waals surface area contributed by atoms with Crippen molar-refractivity contribution in [1.29, 1.82) is 0 Å². The van der Waals surface area contributed by atoms with Crippen LogP contribution in [-0.2, 0) is 14.0 Å². The van der Waals surface area contributed by atoms with Crippen LogP contribution in [0.5, 0.6) is 0 Å². The smallest absolute Gasteiger partial charge is 0.338 e. The second kappa shape index (κ2) is 11.3. The van der Waals surface area contributed by atoms with E-state index in [-0.39, 0.29) is 5.97 Å². The van der Waals surface area contributed by atoms with Crippen LogP contribution in [-0.4, -0.2) is 20.9 Å². The fourth-order valence-electron chi connectivity index (χ4n) is 4.92. The van der Waals surface area contributed by atoms with Crippen LogP contribution in [0.4, 0.5) is 0 Å². The summed E-state index contributed by atoms with van der Waals surface area (Å²) in [6.45, 7) is 22.1. The zero-order valence-electron chi connectivity index (χ0n) is 20.5. The molecular weight excluding hydrogens is 376 g/mol. The van der Waals surface area contributed by atoms with E-state index in [1.807, 2.05) is 6.92 Å². The summed E-state index contributed by atoms with van der Waals surface area (Å²) < 4.78 is 12.6. The number of rotatable bonds is 11. The molecule has 0 spiro atoms. The summed E-state index contributed by atoms with van der Waals surface area (Å²) in [6.07, 6.45) is -0.626. The first kappa shape index (κ1) is 25.9. The van der Waals surface area contributed by atoms with E-state index in [2.05, 4.69) is 74.4 Å². The molecule has 0 radical (unpaired) electrons. The molecule has 0 fully saturated rings. The fraction of sp³-hybridized carbons (Fsp3) is 0.720. The van der Waals surface area contributed by atoms with E-state index < -0.39 is 14.4 Å². The molecular formula is C25H44O3Si. The van der Waals surface area contributed by atoms with Crippen LogP contribution in [0.25, 0.3) is 0 Å². The molecule has 0 aliphatic rings. The minimum atomic E-state index is -2.18. The lowest BCUT2D eigenvalue weighted by Crippen LogP contribution is -2.45. The number of carbonyl (C=O) groups excluding carboxylic acids is 1. The topological polar surface area (TPSA) is 35.5 Å². The quantitative estimate of drug-likeness (QED) is 0.282. The van der Waals surface area contributed by atoms with Crippen LogP contribution >= 0.6 is 0 Å². The van der Waals surface area contributed by atoms with Gasteiger partial charge >= 0.3 is 5.97 Å². The van der Waals surface area contributed by atoms with Gasteiger partial charge in [-0.3, -0.25) is 0 Å². The van der Waals surface area contributed by atoms with Gasteiger partial charge in [0.2, 0.25) is 0 Å². The molecule has 0 aliphatic heterocycles. The minimum absolute atomic E-state index is 0.240. The van der Waals surface area contributed by atoms with Gasteiger partial charge in [-0.05, 0) is 80.3 Å². The third kappa shape index (κ3) is 7.90. The van der Waals surface area contributed by atoms with Gasteiger partial charge in [0, 0.05) is 0 Å². The normalized spacial score (nSPS) is 13.4. The highest BCUT2D eigenvalue weighted by atomic mass is 28.4. The fourth-order valence-corrected chi connectivity index (χ4v) is 10.9. The van der Waals surface area contributed by atoms with Gasteiger partial charge in [0.05, 0.1) is 6.61 Å². The summed E-state index contributed by atoms with van der Waals surface area (Å²) in [5.74, 6) is 1.39. The molecule has 1 aromatic carbocycles. The first-order chi connectivity index (χ1) is 13.4. The van der Waals surface area contributed by atoms with Gasteiger partial charge in [-0.25, -0.2) is 4.79 Å². The van der Waals surface area contributed by atoms with Gasteiger partial charge < -0.3 is 9.16 Å². The third-order valence-corrected chi connectivity index (χ3v) is 10.6.